The summed E-state index contributed by atoms with van der Waals surface area (Å²) in [7, 11) is 0. The molecule has 0 aliphatic rings. The van der Waals surface area contributed by atoms with E-state index in [1.807, 2.05) is 0 Å². The molecule has 0 radical (unpaired) electrons. The molecule has 0 unspecified atom stereocenters. The lowest BCUT2D eigenvalue weighted by Gasteiger charge is -2.06. The molecule has 2 aromatic carbocycles. The molecule has 0 saturated heterocycles. The summed E-state index contributed by atoms with van der Waals surface area (Å²) >= 11 is 0. The van der Waals surface area contributed by atoms with Gasteiger partial charge in [-0.15, -0.1) is 0 Å². The van der Waals surface area contributed by atoms with Gasteiger partial charge < -0.3 is 0 Å². The second-order valence-corrected chi connectivity index (χ2v) is 3.66. The average Bonchev–Trinajstić information content (AvgIpc) is 2.17. The highest BCUT2D eigenvalue weighted by atomic mass is 19.2. The van der Waals surface area contributed by atoms with Crippen molar-refractivity contribution >= 4 is 10.8 Å². The number of aryl methyl sites for hydroxylation is 2. The van der Waals surface area contributed by atoms with E-state index in [-0.39, 0.29) is 16.3 Å². The van der Waals surface area contributed by atoms with Crippen LogP contribution in [0.15, 0.2) is 18.2 Å². The Hall–Kier alpha value is -1.51. The van der Waals surface area contributed by atoms with Gasteiger partial charge in [0.15, 0.2) is 11.6 Å². The molecular formula is C12H9F3. The van der Waals surface area contributed by atoms with Crippen molar-refractivity contribution in [2.24, 2.45) is 0 Å². The molecule has 0 aliphatic carbocycles. The summed E-state index contributed by atoms with van der Waals surface area (Å²) in [4.78, 5) is 0. The van der Waals surface area contributed by atoms with Gasteiger partial charge in [0.05, 0.1) is 0 Å². The summed E-state index contributed by atoms with van der Waals surface area (Å²) < 4.78 is 40.2. The van der Waals surface area contributed by atoms with Gasteiger partial charge >= 0.3 is 0 Å². The number of rotatable bonds is 0. The smallest absolute Gasteiger partial charge is 0.167 e. The average molecular weight is 210 g/mol. The van der Waals surface area contributed by atoms with Gasteiger partial charge in [0.2, 0.25) is 0 Å². The minimum Gasteiger partial charge on any atom is -0.206 e. The zero-order valence-electron chi connectivity index (χ0n) is 8.37. The van der Waals surface area contributed by atoms with E-state index >= 15 is 0 Å². The van der Waals surface area contributed by atoms with Gasteiger partial charge in [-0.2, -0.15) is 0 Å². The first-order valence-corrected chi connectivity index (χ1v) is 4.55. The van der Waals surface area contributed by atoms with Crippen molar-refractivity contribution < 1.29 is 13.2 Å². The maximum atomic E-state index is 13.5. The molecule has 0 heterocycles. The predicted octanol–water partition coefficient (Wildman–Crippen LogP) is 3.87. The number of hydrogen-bond acceptors (Lipinski definition) is 0. The van der Waals surface area contributed by atoms with Crippen molar-refractivity contribution in [1.82, 2.24) is 0 Å². The molecule has 0 aliphatic heterocycles. The molecule has 0 amide bonds. The van der Waals surface area contributed by atoms with Crippen LogP contribution in [0, 0.1) is 31.3 Å². The minimum atomic E-state index is -0.979. The van der Waals surface area contributed by atoms with Gasteiger partial charge in [0.1, 0.15) is 5.82 Å². The van der Waals surface area contributed by atoms with Crippen LogP contribution in [-0.2, 0) is 0 Å². The first-order chi connectivity index (χ1) is 7.00. The summed E-state index contributed by atoms with van der Waals surface area (Å²) in [6.07, 6.45) is 0. The van der Waals surface area contributed by atoms with Gasteiger partial charge in [0, 0.05) is 10.8 Å². The van der Waals surface area contributed by atoms with Crippen LogP contribution in [0.4, 0.5) is 13.2 Å². The van der Waals surface area contributed by atoms with E-state index in [4.69, 9.17) is 0 Å². The van der Waals surface area contributed by atoms with Crippen molar-refractivity contribution in [3.8, 4) is 0 Å². The fraction of sp³-hybridized carbons (Fsp3) is 0.167. The predicted molar refractivity (Wildman–Crippen MR) is 53.3 cm³/mol. The monoisotopic (exact) mass is 210 g/mol. The molecule has 2 aromatic rings. The number of fused-ring (bicyclic) bond motifs is 1. The molecule has 0 nitrogen and oxygen atoms in total. The normalized spacial score (nSPS) is 11.0. The van der Waals surface area contributed by atoms with E-state index in [0.717, 1.165) is 0 Å². The first kappa shape index (κ1) is 10.0. The minimum absolute atomic E-state index is 0.00407. The largest absolute Gasteiger partial charge is 0.206 e. The van der Waals surface area contributed by atoms with Crippen LogP contribution >= 0.6 is 0 Å². The Kier molecular flexibility index (Phi) is 2.18. The Labute approximate surface area is 85.3 Å². The number of halogens is 3. The standard InChI is InChI=1S/C12H9F3/c1-6-3-9-8(10(13)4-6)5-7(2)11(14)12(9)15/h3-5H,1-2H3. The highest BCUT2D eigenvalue weighted by Gasteiger charge is 2.13. The molecule has 3 heteroatoms. The fourth-order valence-electron chi connectivity index (χ4n) is 1.65. The summed E-state index contributed by atoms with van der Waals surface area (Å²) in [6.45, 7) is 3.05. The van der Waals surface area contributed by atoms with Crippen LogP contribution in [0.5, 0.6) is 0 Å². The van der Waals surface area contributed by atoms with E-state index < -0.39 is 17.5 Å². The SMILES string of the molecule is Cc1cc(F)c2cc(C)c(F)c(F)c2c1. The molecule has 0 fully saturated rings. The Bertz CT molecular complexity index is 544. The lowest BCUT2D eigenvalue weighted by Crippen LogP contribution is -1.93. The van der Waals surface area contributed by atoms with Crippen LogP contribution < -0.4 is 0 Å². The molecule has 15 heavy (non-hydrogen) atoms. The van der Waals surface area contributed by atoms with Crippen molar-refractivity contribution in [3.05, 3.63) is 46.8 Å². The topological polar surface area (TPSA) is 0 Å². The van der Waals surface area contributed by atoms with Crippen molar-refractivity contribution in [1.29, 1.82) is 0 Å². The van der Waals surface area contributed by atoms with Gasteiger partial charge in [-0.3, -0.25) is 0 Å². The van der Waals surface area contributed by atoms with E-state index in [2.05, 4.69) is 0 Å². The third kappa shape index (κ3) is 1.48. The summed E-state index contributed by atoms with van der Waals surface area (Å²) in [5.74, 6) is -2.41. The molecule has 0 spiro atoms. The number of hydrogen-bond donors (Lipinski definition) is 0. The first-order valence-electron chi connectivity index (χ1n) is 4.55. The van der Waals surface area contributed by atoms with Gasteiger partial charge in [-0.05, 0) is 43.2 Å². The fourth-order valence-corrected chi connectivity index (χ4v) is 1.65. The second kappa shape index (κ2) is 3.26. The Morgan fingerprint density at radius 2 is 1.47 bits per heavy atom. The summed E-state index contributed by atoms with van der Waals surface area (Å²) in [5, 5.41) is 0.118. The van der Waals surface area contributed by atoms with Crippen molar-refractivity contribution in [2.45, 2.75) is 13.8 Å². The maximum Gasteiger partial charge on any atom is 0.167 e. The zero-order valence-corrected chi connectivity index (χ0v) is 8.37. The highest BCUT2D eigenvalue weighted by Crippen LogP contribution is 2.26. The molecule has 0 saturated carbocycles. The molecule has 0 bridgehead atoms. The molecule has 0 atom stereocenters. The van der Waals surface area contributed by atoms with Gasteiger partial charge in [-0.1, -0.05) is 0 Å². The summed E-state index contributed by atoms with van der Waals surface area (Å²) in [6, 6.07) is 4.07. The van der Waals surface area contributed by atoms with Crippen LogP contribution in [0.25, 0.3) is 10.8 Å². The quantitative estimate of drug-likeness (QED) is 0.619. The number of benzene rings is 2. The van der Waals surface area contributed by atoms with Crippen LogP contribution in [-0.4, -0.2) is 0 Å². The Balaban J connectivity index is 2.98. The second-order valence-electron chi connectivity index (χ2n) is 3.66. The molecule has 78 valence electrons. The van der Waals surface area contributed by atoms with Gasteiger partial charge in [0.25, 0.3) is 0 Å². The summed E-state index contributed by atoms with van der Waals surface area (Å²) in [5.41, 5.74) is 0.685. The molecule has 2 rings (SSSR count). The molecule has 0 aromatic heterocycles. The highest BCUT2D eigenvalue weighted by molar-refractivity contribution is 5.85. The van der Waals surface area contributed by atoms with Crippen LogP contribution in [0.2, 0.25) is 0 Å². The Morgan fingerprint density at radius 1 is 0.800 bits per heavy atom. The van der Waals surface area contributed by atoms with E-state index in [1.165, 1.54) is 25.1 Å². The maximum absolute atomic E-state index is 13.5. The lowest BCUT2D eigenvalue weighted by atomic mass is 10.0. The van der Waals surface area contributed by atoms with Crippen LogP contribution in [0.3, 0.4) is 0 Å². The van der Waals surface area contributed by atoms with E-state index in [9.17, 15) is 13.2 Å². The Morgan fingerprint density at radius 3 is 2.13 bits per heavy atom. The van der Waals surface area contributed by atoms with Gasteiger partial charge in [-0.25, -0.2) is 13.2 Å². The van der Waals surface area contributed by atoms with Crippen molar-refractivity contribution in [2.75, 3.05) is 0 Å². The van der Waals surface area contributed by atoms with Crippen molar-refractivity contribution in [3.63, 3.8) is 0 Å². The zero-order chi connectivity index (χ0) is 11.2. The molecule has 0 N–H and O–H groups in total. The van der Waals surface area contributed by atoms with E-state index in [1.54, 1.807) is 6.92 Å². The van der Waals surface area contributed by atoms with E-state index in [0.29, 0.717) is 5.56 Å². The third-order valence-electron chi connectivity index (χ3n) is 2.41. The third-order valence-corrected chi connectivity index (χ3v) is 2.41. The molecular weight excluding hydrogens is 201 g/mol. The lowest BCUT2D eigenvalue weighted by molar-refractivity contribution is 0.510. The van der Waals surface area contributed by atoms with Crippen LogP contribution in [0.1, 0.15) is 11.1 Å².